The fourth-order valence-electron chi connectivity index (χ4n) is 3.99. The second-order valence-corrected chi connectivity index (χ2v) is 10.4. The highest BCUT2D eigenvalue weighted by atomic mass is 32.2. The molecule has 8 nitrogen and oxygen atoms in total. The topological polar surface area (TPSA) is 85.1 Å². The molecule has 1 saturated heterocycles. The van der Waals surface area contributed by atoms with Gasteiger partial charge in [0.25, 0.3) is 0 Å². The lowest BCUT2D eigenvalue weighted by Crippen LogP contribution is -2.38. The van der Waals surface area contributed by atoms with Crippen LogP contribution in [0.3, 0.4) is 0 Å². The van der Waals surface area contributed by atoms with Gasteiger partial charge in [-0.2, -0.15) is 4.31 Å². The van der Waals surface area contributed by atoms with Gasteiger partial charge in [-0.25, -0.2) is 8.42 Å². The van der Waals surface area contributed by atoms with Crippen LogP contribution in [0.1, 0.15) is 16.7 Å². The summed E-state index contributed by atoms with van der Waals surface area (Å²) < 4.78 is 45.3. The average molecular weight is 486 g/mol. The summed E-state index contributed by atoms with van der Waals surface area (Å²) in [5.74, 6) is 0.585. The Morgan fingerprint density at radius 2 is 1.79 bits per heavy atom. The number of morpholine rings is 1. The van der Waals surface area contributed by atoms with E-state index in [1.54, 1.807) is 31.4 Å². The van der Waals surface area contributed by atoms with E-state index in [2.05, 4.69) is 10.1 Å². The van der Waals surface area contributed by atoms with Crippen LogP contribution in [0.15, 0.2) is 57.9 Å². The lowest BCUT2D eigenvalue weighted by molar-refractivity contribution is 0.120. The fourth-order valence-corrected chi connectivity index (χ4v) is 5.38. The molecule has 3 aromatic rings. The Kier molecular flexibility index (Phi) is 7.67. The Hall–Kier alpha value is -2.72. The molecule has 2 aromatic carbocycles. The third-order valence-electron chi connectivity index (χ3n) is 5.90. The maximum atomic E-state index is 13.7. The van der Waals surface area contributed by atoms with Gasteiger partial charge >= 0.3 is 0 Å². The lowest BCUT2D eigenvalue weighted by atomic mass is 10.0. The smallest absolute Gasteiger partial charge is 0.243 e. The first-order valence-corrected chi connectivity index (χ1v) is 12.8. The number of aryl methyl sites for hydroxylation is 2. The Morgan fingerprint density at radius 3 is 2.47 bits per heavy atom. The SMILES string of the molecule is COCCN(Cc1c(-c2cccc(C)c2)noc1N1CCOCC1)S(=O)(=O)c1ccc(C)cc1. The normalized spacial score (nSPS) is 14.6. The quantitative estimate of drug-likeness (QED) is 0.458. The summed E-state index contributed by atoms with van der Waals surface area (Å²) in [5, 5.41) is 4.39. The molecule has 1 aliphatic heterocycles. The number of ether oxygens (including phenoxy) is 2. The molecule has 1 aromatic heterocycles. The van der Waals surface area contributed by atoms with Crippen LogP contribution in [0.5, 0.6) is 0 Å². The standard InChI is InChI=1S/C25H31N3O5S/c1-19-7-9-22(10-8-19)34(29,30)28(13-14-31-3)18-23-24(21-6-4-5-20(2)17-21)26-33-25(23)27-11-15-32-16-12-27/h4-10,17H,11-16,18H2,1-3H3. The van der Waals surface area contributed by atoms with Gasteiger partial charge in [0.1, 0.15) is 5.69 Å². The van der Waals surface area contributed by atoms with Gasteiger partial charge in [0.15, 0.2) is 0 Å². The summed E-state index contributed by atoms with van der Waals surface area (Å²) in [5.41, 5.74) is 4.35. The molecule has 0 amide bonds. The number of methoxy groups -OCH3 is 1. The van der Waals surface area contributed by atoms with Gasteiger partial charge in [-0.1, -0.05) is 46.6 Å². The monoisotopic (exact) mass is 485 g/mol. The Morgan fingerprint density at radius 1 is 1.06 bits per heavy atom. The highest BCUT2D eigenvalue weighted by molar-refractivity contribution is 7.89. The first-order chi connectivity index (χ1) is 16.4. The average Bonchev–Trinajstić information content (AvgIpc) is 3.26. The molecule has 0 bridgehead atoms. The molecule has 0 spiro atoms. The van der Waals surface area contributed by atoms with Crippen molar-refractivity contribution in [3.8, 4) is 11.3 Å². The van der Waals surface area contributed by atoms with Crippen LogP contribution in [0.2, 0.25) is 0 Å². The van der Waals surface area contributed by atoms with E-state index in [0.717, 1.165) is 22.3 Å². The molecule has 4 rings (SSSR count). The van der Waals surface area contributed by atoms with Crippen LogP contribution in [0.25, 0.3) is 11.3 Å². The number of hydrogen-bond donors (Lipinski definition) is 0. The number of aromatic nitrogens is 1. The molecule has 1 fully saturated rings. The zero-order valence-electron chi connectivity index (χ0n) is 19.9. The summed E-state index contributed by atoms with van der Waals surface area (Å²) in [6.07, 6.45) is 0. The molecule has 2 heterocycles. The van der Waals surface area contributed by atoms with E-state index in [4.69, 9.17) is 14.0 Å². The van der Waals surface area contributed by atoms with Crippen LogP contribution < -0.4 is 4.90 Å². The van der Waals surface area contributed by atoms with Crippen LogP contribution in [-0.2, 0) is 26.0 Å². The molecular formula is C25H31N3O5S. The Labute approximate surface area is 201 Å². The summed E-state index contributed by atoms with van der Waals surface area (Å²) in [6.45, 7) is 6.98. The molecule has 0 radical (unpaired) electrons. The predicted molar refractivity (Wildman–Crippen MR) is 130 cm³/mol. The first-order valence-electron chi connectivity index (χ1n) is 11.3. The third kappa shape index (κ3) is 5.33. The summed E-state index contributed by atoms with van der Waals surface area (Å²) in [4.78, 5) is 2.31. The highest BCUT2D eigenvalue weighted by Gasteiger charge is 2.31. The third-order valence-corrected chi connectivity index (χ3v) is 7.75. The van der Waals surface area contributed by atoms with Crippen LogP contribution in [-0.4, -0.2) is 64.4 Å². The van der Waals surface area contributed by atoms with Gasteiger partial charge in [-0.15, -0.1) is 0 Å². The molecule has 0 saturated carbocycles. The van der Waals surface area contributed by atoms with Crippen molar-refractivity contribution in [2.75, 3.05) is 51.5 Å². The van der Waals surface area contributed by atoms with Crippen molar-refractivity contribution in [3.05, 3.63) is 65.2 Å². The number of benzene rings is 2. The number of rotatable bonds is 9. The minimum absolute atomic E-state index is 0.110. The fraction of sp³-hybridized carbons (Fsp3) is 0.400. The predicted octanol–water partition coefficient (Wildman–Crippen LogP) is 3.63. The molecule has 0 unspecified atom stereocenters. The van der Waals surface area contributed by atoms with E-state index in [9.17, 15) is 8.42 Å². The highest BCUT2D eigenvalue weighted by Crippen LogP contribution is 2.34. The van der Waals surface area contributed by atoms with Crippen LogP contribution >= 0.6 is 0 Å². The maximum Gasteiger partial charge on any atom is 0.243 e. The minimum Gasteiger partial charge on any atom is -0.383 e. The molecule has 0 atom stereocenters. The second kappa shape index (κ2) is 10.7. The lowest BCUT2D eigenvalue weighted by Gasteiger charge is -2.28. The Balaban J connectivity index is 1.77. The van der Waals surface area contributed by atoms with Crippen molar-refractivity contribution in [3.63, 3.8) is 0 Å². The molecule has 182 valence electrons. The van der Waals surface area contributed by atoms with Gasteiger partial charge < -0.3 is 18.9 Å². The summed E-state index contributed by atoms with van der Waals surface area (Å²) in [7, 11) is -2.22. The number of sulfonamides is 1. The van der Waals surface area contributed by atoms with E-state index >= 15 is 0 Å². The van der Waals surface area contributed by atoms with Crippen molar-refractivity contribution in [2.24, 2.45) is 0 Å². The molecule has 9 heteroatoms. The van der Waals surface area contributed by atoms with Crippen molar-refractivity contribution >= 4 is 15.9 Å². The van der Waals surface area contributed by atoms with E-state index in [0.29, 0.717) is 37.9 Å². The van der Waals surface area contributed by atoms with Gasteiger partial charge in [-0.3, -0.25) is 0 Å². The van der Waals surface area contributed by atoms with Gasteiger partial charge in [0.2, 0.25) is 15.9 Å². The number of hydrogen-bond acceptors (Lipinski definition) is 7. The molecular weight excluding hydrogens is 454 g/mol. The zero-order chi connectivity index (χ0) is 24.1. The van der Waals surface area contributed by atoms with Crippen molar-refractivity contribution in [2.45, 2.75) is 25.3 Å². The van der Waals surface area contributed by atoms with E-state index < -0.39 is 10.0 Å². The van der Waals surface area contributed by atoms with E-state index in [1.807, 2.05) is 38.1 Å². The van der Waals surface area contributed by atoms with Gasteiger partial charge in [0.05, 0.1) is 30.3 Å². The molecule has 34 heavy (non-hydrogen) atoms. The molecule has 0 aliphatic carbocycles. The minimum atomic E-state index is -3.78. The van der Waals surface area contributed by atoms with Gasteiger partial charge in [-0.05, 0) is 32.0 Å². The van der Waals surface area contributed by atoms with Crippen molar-refractivity contribution in [1.82, 2.24) is 9.46 Å². The van der Waals surface area contributed by atoms with Crippen molar-refractivity contribution in [1.29, 1.82) is 0 Å². The van der Waals surface area contributed by atoms with Crippen molar-refractivity contribution < 1.29 is 22.4 Å². The Bertz CT molecular complexity index is 1200. The number of anilines is 1. The van der Waals surface area contributed by atoms with E-state index in [1.165, 1.54) is 4.31 Å². The largest absolute Gasteiger partial charge is 0.383 e. The van der Waals surface area contributed by atoms with Crippen LogP contribution in [0, 0.1) is 13.8 Å². The molecule has 1 aliphatic rings. The summed E-state index contributed by atoms with van der Waals surface area (Å²) in [6, 6.07) is 14.9. The first kappa shape index (κ1) is 24.4. The zero-order valence-corrected chi connectivity index (χ0v) is 20.7. The summed E-state index contributed by atoms with van der Waals surface area (Å²) >= 11 is 0. The number of nitrogens with zero attached hydrogens (tertiary/aromatic N) is 3. The van der Waals surface area contributed by atoms with E-state index in [-0.39, 0.29) is 24.6 Å². The second-order valence-electron chi connectivity index (χ2n) is 8.43. The van der Waals surface area contributed by atoms with Crippen LogP contribution in [0.4, 0.5) is 5.88 Å². The molecule has 0 N–H and O–H groups in total. The maximum absolute atomic E-state index is 13.7. The van der Waals surface area contributed by atoms with Gasteiger partial charge in [0, 0.05) is 38.9 Å².